The molecule has 8 rings (SSSR count). The maximum absolute atomic E-state index is 15.6. The number of nitrogens with two attached hydrogens (primary N) is 7. The molecule has 32 heteroatoms. The lowest BCUT2D eigenvalue weighted by atomic mass is 9.93. The van der Waals surface area contributed by atoms with Crippen molar-refractivity contribution < 1.29 is 62.3 Å². The number of nitrogens with zero attached hydrogens (tertiary/aromatic N) is 5. The Bertz CT molecular complexity index is 3820. The normalized spacial score (nSPS) is 19.3. The fourth-order valence-corrected chi connectivity index (χ4v) is 14.8. The summed E-state index contributed by atoms with van der Waals surface area (Å²) < 4.78 is 0. The maximum atomic E-state index is 15.6. The number of fused-ring (bicyclic) bond motifs is 1. The third-order valence-electron chi connectivity index (χ3n) is 20.2. The molecule has 106 heavy (non-hydrogen) atoms. The Morgan fingerprint density at radius 1 is 0.566 bits per heavy atom. The molecule has 32 nitrogen and oxygen atoms in total. The third kappa shape index (κ3) is 22.0. The zero-order valence-corrected chi connectivity index (χ0v) is 60.5. The van der Waals surface area contributed by atoms with Crippen LogP contribution >= 0.6 is 0 Å². The van der Waals surface area contributed by atoms with Crippen molar-refractivity contribution in [3.05, 3.63) is 108 Å². The molecule has 0 aliphatic carbocycles. The van der Waals surface area contributed by atoms with Gasteiger partial charge in [-0.25, -0.2) is 0 Å². The lowest BCUT2D eigenvalue weighted by molar-refractivity contribution is -0.144. The number of carbonyl (C=O) groups excluding carboxylic acids is 13. The molecule has 0 unspecified atom stereocenters. The zero-order chi connectivity index (χ0) is 76.8. The number of aromatic amines is 1. The number of guanidine groups is 1. The number of unbranched alkanes of at least 4 members (excludes halogenated alkanes) is 1. The van der Waals surface area contributed by atoms with Gasteiger partial charge in [0, 0.05) is 81.9 Å². The Kier molecular flexibility index (Phi) is 29.5. The summed E-state index contributed by atoms with van der Waals surface area (Å²) in [4.78, 5) is 197. The first-order valence-corrected chi connectivity index (χ1v) is 36.7. The first-order chi connectivity index (χ1) is 50.7. The fraction of sp³-hybridized carbons (Fsp3) is 0.541. The number of hydrogen-bond acceptors (Lipinski definition) is 16. The highest BCUT2D eigenvalue weighted by molar-refractivity contribution is 6.00. The number of carbonyl (C=O) groups is 13. The van der Waals surface area contributed by atoms with Crippen LogP contribution in [0.3, 0.4) is 0 Å². The minimum absolute atomic E-state index is 0.0405. The van der Waals surface area contributed by atoms with Crippen LogP contribution in [-0.4, -0.2) is 213 Å². The molecular weight excluding hydrogens is 1360 g/mol. The Hall–Kier alpha value is -10.5. The van der Waals surface area contributed by atoms with Crippen LogP contribution < -0.4 is 72.0 Å². The Morgan fingerprint density at radius 3 is 1.69 bits per heavy atom. The highest BCUT2D eigenvalue weighted by atomic mass is 16.2. The van der Waals surface area contributed by atoms with E-state index in [0.717, 1.165) is 16.5 Å². The van der Waals surface area contributed by atoms with E-state index in [-0.39, 0.29) is 103 Å². The molecule has 4 fully saturated rings. The van der Waals surface area contributed by atoms with E-state index in [1.807, 2.05) is 38.1 Å². The monoisotopic (exact) mass is 1470 g/mol. The Labute approximate surface area is 616 Å². The predicted octanol–water partition coefficient (Wildman–Crippen LogP) is -1.38. The van der Waals surface area contributed by atoms with Gasteiger partial charge < -0.3 is 96.6 Å². The van der Waals surface area contributed by atoms with Crippen LogP contribution in [-0.2, 0) is 81.6 Å². The number of nitrogens with one attached hydrogen (secondary N) is 7. The van der Waals surface area contributed by atoms with Crippen molar-refractivity contribution in [3.8, 4) is 0 Å². The van der Waals surface area contributed by atoms with Crippen molar-refractivity contribution >= 4 is 93.7 Å². The summed E-state index contributed by atoms with van der Waals surface area (Å²) in [5.41, 5.74) is 41.8. The van der Waals surface area contributed by atoms with E-state index < -0.39 is 168 Å². The molecule has 0 bridgehead atoms. The first kappa shape index (κ1) is 81.2. The summed E-state index contributed by atoms with van der Waals surface area (Å²) in [5.74, 6) is -9.50. The quantitative estimate of drug-likeness (QED) is 0.0139. The van der Waals surface area contributed by atoms with Gasteiger partial charge in [-0.1, -0.05) is 92.7 Å². The van der Waals surface area contributed by atoms with Crippen LogP contribution in [0.5, 0.6) is 0 Å². The van der Waals surface area contributed by atoms with E-state index in [9.17, 15) is 52.7 Å². The lowest BCUT2D eigenvalue weighted by Crippen LogP contribution is -2.61. The van der Waals surface area contributed by atoms with Gasteiger partial charge >= 0.3 is 0 Å². The van der Waals surface area contributed by atoms with Crippen molar-refractivity contribution in [2.45, 2.75) is 208 Å². The van der Waals surface area contributed by atoms with Gasteiger partial charge in [-0.05, 0) is 125 Å². The molecular formula is C74H105N19O13. The van der Waals surface area contributed by atoms with Crippen LogP contribution in [0.4, 0.5) is 0 Å². The fourth-order valence-electron chi connectivity index (χ4n) is 14.8. The van der Waals surface area contributed by atoms with Gasteiger partial charge in [0.1, 0.15) is 54.4 Å². The highest BCUT2D eigenvalue weighted by Crippen LogP contribution is 2.41. The van der Waals surface area contributed by atoms with Crippen molar-refractivity contribution in [1.29, 1.82) is 0 Å². The molecule has 1 aromatic heterocycles. The van der Waals surface area contributed by atoms with E-state index in [4.69, 9.17) is 40.1 Å². The zero-order valence-electron chi connectivity index (χ0n) is 60.5. The third-order valence-corrected chi connectivity index (χ3v) is 20.2. The van der Waals surface area contributed by atoms with E-state index in [1.165, 1.54) is 14.7 Å². The van der Waals surface area contributed by atoms with Gasteiger partial charge in [0.05, 0.1) is 18.0 Å². The minimum atomic E-state index is -1.64. The van der Waals surface area contributed by atoms with Gasteiger partial charge in [-0.15, -0.1) is 0 Å². The van der Waals surface area contributed by atoms with Crippen LogP contribution in [0.15, 0.2) is 96.1 Å². The van der Waals surface area contributed by atoms with Crippen LogP contribution in [0.1, 0.15) is 140 Å². The van der Waals surface area contributed by atoms with Gasteiger partial charge in [-0.3, -0.25) is 67.3 Å². The number of rotatable bonds is 39. The number of para-hydroxylation sites is 1. The van der Waals surface area contributed by atoms with Gasteiger partial charge in [0.15, 0.2) is 5.96 Å². The second-order valence-corrected chi connectivity index (χ2v) is 28.6. The number of aliphatic imine (C=N–C) groups is 1. The molecule has 1 spiro atoms. The molecule has 0 radical (unpaired) electrons. The van der Waals surface area contributed by atoms with Gasteiger partial charge in [0.2, 0.25) is 76.8 Å². The van der Waals surface area contributed by atoms with E-state index >= 15 is 9.59 Å². The molecule has 11 atom stereocenters. The average molecular weight is 1470 g/mol. The number of benzene rings is 3. The SMILES string of the molecule is CC(C)C[C@@H](C(=O)N[C@@H](Cc1c[nH]c2ccccc12)C(N)=O)N1C[C@]2(CCCN2C(=O)[C@H](Cc2ccccc2)NC(=O)[C@H](Cc2ccccc2)NC(=O)[C@H](CCC(N)=O)NC(=O)[C@H](CCC(N)=O)NC(=O)[C@@H]2CCCN2C(=O)[C@H](CCCCN)NC(=O)[C@@H]2CCCN2C(=O)[C@@H](N)CCCN=C(N)N)CC1=O. The summed E-state index contributed by atoms with van der Waals surface area (Å²) in [5, 5.41) is 17.5. The molecule has 4 aliphatic heterocycles. The topological polar surface area (TPSA) is 517 Å². The predicted molar refractivity (Wildman–Crippen MR) is 393 cm³/mol. The Morgan fingerprint density at radius 2 is 1.10 bits per heavy atom. The number of likely N-dealkylation sites (tertiary alicyclic amines) is 4. The number of H-pyrrole nitrogens is 1. The molecule has 5 heterocycles. The number of amides is 13. The van der Waals surface area contributed by atoms with Crippen molar-refractivity contribution in [3.63, 3.8) is 0 Å². The second kappa shape index (κ2) is 38.5. The molecule has 574 valence electrons. The first-order valence-electron chi connectivity index (χ1n) is 36.7. The summed E-state index contributed by atoms with van der Waals surface area (Å²) >= 11 is 0. The minimum Gasteiger partial charge on any atom is -0.370 e. The standard InChI is InChI=1S/C74H105N19O13/c1-44(2)37-59(69(103)87-54(63(79)97)40-47-42-83-50-23-10-9-21-48(47)50)92-43-74(41-62(92)96)31-16-36-93(74)72(106)56(39-46-19-7-4-8-20-46)89-66(100)55(38-45-17-5-3-6-18-45)88-65(99)51(27-29-60(77)94)84-64(98)52(28-30-61(78)95)85-67(101)58-26-15-35-91(58)71(105)53(24-11-12-32-75)86-68(102)57-25-14-34-90(57)70(104)49(76)22-13-33-82-73(80)81/h3-10,17-21,23,42,44,49,51-59,83H,11-16,22,24-41,43,75-76H2,1-2H3,(H2,77,94)(H2,78,95)(H2,79,97)(H,84,98)(H,85,101)(H,86,102)(H,87,103)(H,88,99)(H,89,100)(H4,80,81,82)/t49-,51-,52-,53-,54-,55-,56-,57-,58-,59-,74-/m0/s1. The van der Waals surface area contributed by atoms with Crippen LogP contribution in [0, 0.1) is 5.92 Å². The van der Waals surface area contributed by atoms with E-state index in [2.05, 4.69) is 41.9 Å². The van der Waals surface area contributed by atoms with Gasteiger partial charge in [0.25, 0.3) is 0 Å². The number of primary amides is 3. The van der Waals surface area contributed by atoms with Crippen LogP contribution in [0.2, 0.25) is 0 Å². The number of aromatic nitrogens is 1. The van der Waals surface area contributed by atoms with E-state index in [1.54, 1.807) is 71.8 Å². The summed E-state index contributed by atoms with van der Waals surface area (Å²) in [7, 11) is 0. The summed E-state index contributed by atoms with van der Waals surface area (Å²) in [6.07, 6.45) is 3.71. The molecule has 13 amide bonds. The molecule has 4 aliphatic rings. The van der Waals surface area contributed by atoms with Gasteiger partial charge in [-0.2, -0.15) is 0 Å². The second-order valence-electron chi connectivity index (χ2n) is 28.6. The van der Waals surface area contributed by atoms with Crippen molar-refractivity contribution in [2.75, 3.05) is 39.3 Å². The average Bonchev–Trinajstić information content (AvgIpc) is 1.59. The van der Waals surface area contributed by atoms with E-state index in [0.29, 0.717) is 62.5 Å². The molecule has 3 aromatic carbocycles. The van der Waals surface area contributed by atoms with Crippen LogP contribution in [0.25, 0.3) is 10.9 Å². The maximum Gasteiger partial charge on any atom is 0.246 e. The number of hydrogen-bond donors (Lipinski definition) is 14. The molecule has 4 saturated heterocycles. The Balaban J connectivity index is 0.989. The summed E-state index contributed by atoms with van der Waals surface area (Å²) in [6.45, 7) is 4.81. The molecule has 0 saturated carbocycles. The molecule has 4 aromatic rings. The highest BCUT2D eigenvalue weighted by Gasteiger charge is 2.55. The smallest absolute Gasteiger partial charge is 0.246 e. The summed E-state index contributed by atoms with van der Waals surface area (Å²) in [6, 6.07) is 12.5. The largest absolute Gasteiger partial charge is 0.370 e. The van der Waals surface area contributed by atoms with Crippen molar-refractivity contribution in [2.24, 2.45) is 51.0 Å². The van der Waals surface area contributed by atoms with Crippen molar-refractivity contribution in [1.82, 2.24) is 56.5 Å². The molecule has 21 N–H and O–H groups in total. The lowest BCUT2D eigenvalue weighted by Gasteiger charge is -2.38.